The predicted octanol–water partition coefficient (Wildman–Crippen LogP) is 4.33. The Morgan fingerprint density at radius 2 is 1.60 bits per heavy atom. The molecule has 0 aromatic heterocycles. The molecule has 1 fully saturated rings. The lowest BCUT2D eigenvalue weighted by Crippen LogP contribution is -2.29. The van der Waals surface area contributed by atoms with Crippen LogP contribution in [0, 0.1) is 12.8 Å². The Hall–Kier alpha value is -3.35. The zero-order valence-electron chi connectivity index (χ0n) is 17.7. The van der Waals surface area contributed by atoms with Crippen molar-refractivity contribution in [3.63, 3.8) is 0 Å². The summed E-state index contributed by atoms with van der Waals surface area (Å²) in [6.45, 7) is 7.62. The number of rotatable bonds is 4. The fourth-order valence-corrected chi connectivity index (χ4v) is 3.21. The largest absolute Gasteiger partial charge is 0.444 e. The summed E-state index contributed by atoms with van der Waals surface area (Å²) in [5.41, 5.74) is 2.14. The highest BCUT2D eigenvalue weighted by Crippen LogP contribution is 2.28. The predicted molar refractivity (Wildman–Crippen MR) is 117 cm³/mol. The molecular formula is C23H27N3O4. The Bertz CT molecular complexity index is 948. The van der Waals surface area contributed by atoms with Crippen molar-refractivity contribution >= 4 is 35.0 Å². The van der Waals surface area contributed by atoms with Gasteiger partial charge in [-0.15, -0.1) is 0 Å². The van der Waals surface area contributed by atoms with Crippen LogP contribution in [0.3, 0.4) is 0 Å². The second-order valence-corrected chi connectivity index (χ2v) is 8.40. The summed E-state index contributed by atoms with van der Waals surface area (Å²) >= 11 is 0. The Morgan fingerprint density at radius 3 is 2.20 bits per heavy atom. The van der Waals surface area contributed by atoms with Crippen LogP contribution in [-0.4, -0.2) is 30.1 Å². The minimum Gasteiger partial charge on any atom is -0.444 e. The molecule has 1 aliphatic heterocycles. The molecule has 1 heterocycles. The number of amides is 3. The lowest BCUT2D eigenvalue weighted by atomic mass is 10.1. The van der Waals surface area contributed by atoms with Gasteiger partial charge >= 0.3 is 6.09 Å². The monoisotopic (exact) mass is 409 g/mol. The molecule has 7 heteroatoms. The van der Waals surface area contributed by atoms with Gasteiger partial charge in [-0.2, -0.15) is 0 Å². The Labute approximate surface area is 176 Å². The number of nitrogens with zero attached hydrogens (tertiary/aromatic N) is 1. The van der Waals surface area contributed by atoms with Gasteiger partial charge in [-0.1, -0.05) is 29.8 Å². The number of carbonyl (C=O) groups excluding carboxylic acids is 3. The van der Waals surface area contributed by atoms with Crippen LogP contribution in [0.5, 0.6) is 0 Å². The van der Waals surface area contributed by atoms with Crippen molar-refractivity contribution in [2.45, 2.75) is 39.7 Å². The minimum atomic E-state index is -0.633. The maximum atomic E-state index is 12.8. The molecule has 0 unspecified atom stereocenters. The van der Waals surface area contributed by atoms with Crippen LogP contribution in [0.2, 0.25) is 0 Å². The molecule has 1 atom stereocenters. The van der Waals surface area contributed by atoms with Crippen molar-refractivity contribution in [1.29, 1.82) is 0 Å². The van der Waals surface area contributed by atoms with Crippen molar-refractivity contribution < 1.29 is 19.1 Å². The second kappa shape index (κ2) is 8.57. The third-order valence-electron chi connectivity index (χ3n) is 4.66. The van der Waals surface area contributed by atoms with E-state index in [9.17, 15) is 14.4 Å². The summed E-state index contributed by atoms with van der Waals surface area (Å²) in [6.07, 6.45) is -0.466. The lowest BCUT2D eigenvalue weighted by Gasteiger charge is -2.21. The van der Waals surface area contributed by atoms with Crippen molar-refractivity contribution in [3.05, 3.63) is 54.1 Å². The Morgan fingerprint density at radius 1 is 1.00 bits per heavy atom. The fraction of sp³-hybridized carbons (Fsp3) is 0.348. The van der Waals surface area contributed by atoms with Crippen LogP contribution >= 0.6 is 0 Å². The summed E-state index contributed by atoms with van der Waals surface area (Å²) in [5.74, 6) is -0.830. The highest BCUT2D eigenvalue weighted by molar-refractivity contribution is 6.05. The van der Waals surface area contributed by atoms with E-state index in [2.05, 4.69) is 10.6 Å². The molecule has 3 rings (SSSR count). The highest BCUT2D eigenvalue weighted by atomic mass is 16.6. The number of nitrogens with one attached hydrogen (secondary N) is 2. The highest BCUT2D eigenvalue weighted by Gasteiger charge is 2.35. The Balaban J connectivity index is 1.67. The average molecular weight is 409 g/mol. The molecule has 1 aliphatic rings. The molecule has 3 amide bonds. The molecule has 2 aromatic carbocycles. The Kier molecular flexibility index (Phi) is 6.10. The van der Waals surface area contributed by atoms with Gasteiger partial charge < -0.3 is 15.0 Å². The van der Waals surface area contributed by atoms with Crippen LogP contribution in [0.1, 0.15) is 32.8 Å². The molecule has 0 bridgehead atoms. The fourth-order valence-electron chi connectivity index (χ4n) is 3.21. The normalized spacial score (nSPS) is 16.3. The van der Waals surface area contributed by atoms with E-state index in [0.717, 1.165) is 11.3 Å². The summed E-state index contributed by atoms with van der Waals surface area (Å²) in [7, 11) is 0. The van der Waals surface area contributed by atoms with Gasteiger partial charge in [-0.3, -0.25) is 14.9 Å². The molecule has 0 radical (unpaired) electrons. The smallest absolute Gasteiger partial charge is 0.412 e. The van der Waals surface area contributed by atoms with E-state index in [4.69, 9.17) is 4.74 Å². The van der Waals surface area contributed by atoms with Crippen molar-refractivity contribution in [3.8, 4) is 0 Å². The maximum absolute atomic E-state index is 12.8. The van der Waals surface area contributed by atoms with Crippen LogP contribution in [0.15, 0.2) is 48.5 Å². The van der Waals surface area contributed by atoms with E-state index in [0.29, 0.717) is 17.9 Å². The number of hydrogen-bond acceptors (Lipinski definition) is 4. The molecule has 158 valence electrons. The molecule has 1 saturated heterocycles. The second-order valence-electron chi connectivity index (χ2n) is 8.40. The van der Waals surface area contributed by atoms with Crippen LogP contribution in [-0.2, 0) is 14.3 Å². The topological polar surface area (TPSA) is 87.7 Å². The van der Waals surface area contributed by atoms with E-state index in [1.165, 1.54) is 0 Å². The first-order chi connectivity index (χ1) is 14.1. The van der Waals surface area contributed by atoms with Gasteiger partial charge in [-0.25, -0.2) is 4.79 Å². The van der Waals surface area contributed by atoms with Crippen LogP contribution in [0.4, 0.5) is 21.9 Å². The molecule has 0 saturated carbocycles. The van der Waals surface area contributed by atoms with Gasteiger partial charge in [0, 0.05) is 18.7 Å². The van der Waals surface area contributed by atoms with Gasteiger partial charge in [0.25, 0.3) is 0 Å². The zero-order chi connectivity index (χ0) is 21.9. The van der Waals surface area contributed by atoms with E-state index in [1.807, 2.05) is 31.2 Å². The number of ether oxygens (including phenoxy) is 1. The van der Waals surface area contributed by atoms with E-state index >= 15 is 0 Å². The first-order valence-electron chi connectivity index (χ1n) is 9.89. The maximum Gasteiger partial charge on any atom is 0.412 e. The number of carbonyl (C=O) groups is 3. The van der Waals surface area contributed by atoms with Gasteiger partial charge in [0.2, 0.25) is 11.8 Å². The van der Waals surface area contributed by atoms with E-state index < -0.39 is 17.6 Å². The standard InChI is InChI=1S/C23H27N3O4/c1-15-9-11-17(12-10-15)26-14-16(13-20(26)27)21(28)24-18-7-5-6-8-19(18)25-22(29)30-23(2,3)4/h5-12,16H,13-14H2,1-4H3,(H,24,28)(H,25,29)/t16-/m0/s1. The first-order valence-corrected chi connectivity index (χ1v) is 9.89. The van der Waals surface area contributed by atoms with Gasteiger partial charge in [0.1, 0.15) is 5.60 Å². The number of anilines is 3. The van der Waals surface area contributed by atoms with E-state index in [-0.39, 0.29) is 18.2 Å². The summed E-state index contributed by atoms with van der Waals surface area (Å²) < 4.78 is 5.27. The van der Waals surface area contributed by atoms with Crippen molar-refractivity contribution in [1.82, 2.24) is 0 Å². The average Bonchev–Trinajstić information content (AvgIpc) is 3.04. The van der Waals surface area contributed by atoms with Gasteiger partial charge in [0.15, 0.2) is 0 Å². The third-order valence-corrected chi connectivity index (χ3v) is 4.66. The molecule has 0 aliphatic carbocycles. The van der Waals surface area contributed by atoms with Gasteiger partial charge in [-0.05, 0) is 52.0 Å². The molecule has 0 spiro atoms. The third kappa shape index (κ3) is 5.37. The van der Waals surface area contributed by atoms with E-state index in [1.54, 1.807) is 49.9 Å². The molecule has 2 aromatic rings. The SMILES string of the molecule is Cc1ccc(N2C[C@@H](C(=O)Nc3ccccc3NC(=O)OC(C)(C)C)CC2=O)cc1. The summed E-state index contributed by atoms with van der Waals surface area (Å²) in [5, 5.41) is 5.49. The van der Waals surface area contributed by atoms with Crippen LogP contribution < -0.4 is 15.5 Å². The van der Waals surface area contributed by atoms with Crippen molar-refractivity contribution in [2.75, 3.05) is 22.1 Å². The summed E-state index contributed by atoms with van der Waals surface area (Å²) in [6, 6.07) is 14.5. The number of aryl methyl sites for hydroxylation is 1. The lowest BCUT2D eigenvalue weighted by molar-refractivity contribution is -0.122. The number of hydrogen-bond donors (Lipinski definition) is 2. The van der Waals surface area contributed by atoms with Crippen molar-refractivity contribution in [2.24, 2.45) is 5.92 Å². The summed E-state index contributed by atoms with van der Waals surface area (Å²) in [4.78, 5) is 39.0. The molecular weight excluding hydrogens is 382 g/mol. The van der Waals surface area contributed by atoms with Gasteiger partial charge in [0.05, 0.1) is 17.3 Å². The molecule has 7 nitrogen and oxygen atoms in total. The number of para-hydroxylation sites is 2. The zero-order valence-corrected chi connectivity index (χ0v) is 17.7. The molecule has 2 N–H and O–H groups in total. The quantitative estimate of drug-likeness (QED) is 0.787. The van der Waals surface area contributed by atoms with Crippen LogP contribution in [0.25, 0.3) is 0 Å². The number of benzene rings is 2. The first kappa shape index (κ1) is 21.4. The minimum absolute atomic E-state index is 0.0841. The molecule has 30 heavy (non-hydrogen) atoms.